The quantitative estimate of drug-likeness (QED) is 0.262. The number of ether oxygens (including phenoxy) is 1. The molecule has 19 heavy (non-hydrogen) atoms. The Hall–Kier alpha value is 1.68. The summed E-state index contributed by atoms with van der Waals surface area (Å²) in [7, 11) is -6.60. The van der Waals surface area contributed by atoms with Crippen molar-refractivity contribution in [2.45, 2.75) is 21.7 Å². The minimum absolute atomic E-state index is 0. The van der Waals surface area contributed by atoms with Crippen LogP contribution in [0.5, 0.6) is 0 Å². The molecule has 0 aliphatic rings. The third-order valence-electron chi connectivity index (χ3n) is 1.26. The molecule has 4 nitrogen and oxygen atoms in total. The molecule has 0 N–H and O–H groups in total. The fourth-order valence-electron chi connectivity index (χ4n) is 0.421. The molecule has 15 heteroatoms. The molecule has 0 aliphatic heterocycles. The van der Waals surface area contributed by atoms with Gasteiger partial charge in [-0.1, -0.05) is 4.39 Å². The van der Waals surface area contributed by atoms with Gasteiger partial charge in [0.05, 0.1) is 0 Å². The molecule has 0 saturated carbocycles. The number of hydrogen-bond acceptors (Lipinski definition) is 4. The van der Waals surface area contributed by atoms with Crippen LogP contribution in [-0.4, -0.2) is 81.5 Å². The first-order valence-corrected chi connectivity index (χ1v) is 5.87. The van der Waals surface area contributed by atoms with Crippen LogP contribution in [-0.2, 0) is 19.2 Å². The van der Waals surface area contributed by atoms with Crippen LogP contribution >= 0.6 is 22.6 Å². The second-order valence-electron chi connectivity index (χ2n) is 2.53. The molecular weight excluding hydrogens is 462 g/mol. The average Bonchev–Trinajstić information content (AvgIpc) is 2.14. The normalized spacial score (nSPS) is 15.8. The fourth-order valence-corrected chi connectivity index (χ4v) is 0.907. The fraction of sp³-hybridized carbons (Fsp3) is 1.00. The van der Waals surface area contributed by atoms with Crippen molar-refractivity contribution in [1.29, 1.82) is 0 Å². The van der Waals surface area contributed by atoms with Crippen LogP contribution in [0.1, 0.15) is 0 Å². The number of alkyl halides is 8. The Bertz CT molecular complexity index is 396. The van der Waals surface area contributed by atoms with Crippen molar-refractivity contribution in [2.24, 2.45) is 0 Å². The SMILES string of the molecule is O=S(=O)(OF)C(F)(F)C(F)OC(F)(F)C(F)(F)I.[KH]. The zero-order valence-corrected chi connectivity index (χ0v) is 10.5. The van der Waals surface area contributed by atoms with E-state index in [1.807, 2.05) is 0 Å². The van der Waals surface area contributed by atoms with Gasteiger partial charge in [0, 0.05) is 22.6 Å². The third-order valence-corrected chi connectivity index (χ3v) is 2.91. The van der Waals surface area contributed by atoms with E-state index in [9.17, 15) is 43.7 Å². The van der Waals surface area contributed by atoms with Crippen molar-refractivity contribution < 1.29 is 52.8 Å². The minimum atomic E-state index is -6.60. The van der Waals surface area contributed by atoms with Crippen molar-refractivity contribution in [3.8, 4) is 0 Å². The van der Waals surface area contributed by atoms with Gasteiger partial charge in [0.15, 0.2) is 0 Å². The van der Waals surface area contributed by atoms with Crippen molar-refractivity contribution in [2.75, 3.05) is 0 Å². The molecular formula is C4H2F8IKO4S. The predicted octanol–water partition coefficient (Wildman–Crippen LogP) is 2.09. The van der Waals surface area contributed by atoms with Crippen LogP contribution in [0.15, 0.2) is 0 Å². The van der Waals surface area contributed by atoms with Gasteiger partial charge in [-0.05, 0) is 4.53 Å². The third kappa shape index (κ3) is 5.42. The molecule has 0 rings (SSSR count). The zero-order chi connectivity index (χ0) is 15.0. The van der Waals surface area contributed by atoms with E-state index in [2.05, 4.69) is 4.74 Å². The second-order valence-corrected chi connectivity index (χ2v) is 5.46. The molecule has 0 spiro atoms. The first-order chi connectivity index (χ1) is 7.69. The van der Waals surface area contributed by atoms with Gasteiger partial charge in [-0.2, -0.15) is 34.8 Å². The van der Waals surface area contributed by atoms with Crippen LogP contribution in [0.25, 0.3) is 0 Å². The summed E-state index contributed by atoms with van der Waals surface area (Å²) in [5.41, 5.74) is 0. The summed E-state index contributed by atoms with van der Waals surface area (Å²) >= 11 is -0.264. The molecule has 0 amide bonds. The topological polar surface area (TPSA) is 52.6 Å². The summed E-state index contributed by atoms with van der Waals surface area (Å²) in [5.74, 6) is 0. The number of rotatable bonds is 6. The summed E-state index contributed by atoms with van der Waals surface area (Å²) in [5, 5.41) is -5.95. The maximum absolute atomic E-state index is 12.5. The van der Waals surface area contributed by atoms with E-state index in [0.29, 0.717) is 0 Å². The Balaban J connectivity index is 0. The molecule has 112 valence electrons. The van der Waals surface area contributed by atoms with Gasteiger partial charge in [0.1, 0.15) is 0 Å². The van der Waals surface area contributed by atoms with Crippen LogP contribution in [0, 0.1) is 0 Å². The van der Waals surface area contributed by atoms with Crippen molar-refractivity contribution in [3.63, 3.8) is 0 Å². The van der Waals surface area contributed by atoms with Gasteiger partial charge < -0.3 is 0 Å². The Morgan fingerprint density at radius 1 is 1.05 bits per heavy atom. The molecule has 1 atom stereocenters. The monoisotopic (exact) mass is 464 g/mol. The van der Waals surface area contributed by atoms with Crippen LogP contribution in [0.3, 0.4) is 0 Å². The summed E-state index contributed by atoms with van der Waals surface area (Å²) in [4.78, 5) is 0. The molecule has 0 bridgehead atoms. The molecule has 0 aliphatic carbocycles. The van der Waals surface area contributed by atoms with E-state index in [0.717, 1.165) is 0 Å². The molecule has 0 aromatic carbocycles. The molecule has 0 fully saturated rings. The van der Waals surface area contributed by atoms with Gasteiger partial charge in [-0.25, -0.2) is 4.39 Å². The summed E-state index contributed by atoms with van der Waals surface area (Å²) in [6.45, 7) is 0. The average molecular weight is 464 g/mol. The number of halogens is 9. The van der Waals surface area contributed by atoms with Gasteiger partial charge in [0.2, 0.25) is 0 Å². The van der Waals surface area contributed by atoms with E-state index < -0.39 is 31.8 Å². The second kappa shape index (κ2) is 7.29. The van der Waals surface area contributed by atoms with E-state index >= 15 is 0 Å². The van der Waals surface area contributed by atoms with E-state index in [1.54, 1.807) is 4.39 Å². The van der Waals surface area contributed by atoms with E-state index in [1.165, 1.54) is 0 Å². The van der Waals surface area contributed by atoms with Crippen LogP contribution in [0.2, 0.25) is 0 Å². The van der Waals surface area contributed by atoms with Gasteiger partial charge in [0.25, 0.3) is 6.36 Å². The molecule has 0 saturated heterocycles. The summed E-state index contributed by atoms with van der Waals surface area (Å²) < 4.78 is 116. The Labute approximate surface area is 156 Å². The molecule has 0 radical (unpaired) electrons. The first-order valence-electron chi connectivity index (χ1n) is 3.38. The Morgan fingerprint density at radius 2 is 1.42 bits per heavy atom. The molecule has 0 aromatic heterocycles. The first kappa shape index (κ1) is 22.9. The van der Waals surface area contributed by atoms with Crippen LogP contribution in [0.4, 0.5) is 35.3 Å². The van der Waals surface area contributed by atoms with Gasteiger partial charge in [-0.15, -0.1) is 0 Å². The Morgan fingerprint density at radius 3 is 1.68 bits per heavy atom. The van der Waals surface area contributed by atoms with E-state index in [4.69, 9.17) is 0 Å². The molecule has 0 heterocycles. The van der Waals surface area contributed by atoms with Crippen molar-refractivity contribution in [1.82, 2.24) is 0 Å². The van der Waals surface area contributed by atoms with Crippen molar-refractivity contribution >= 4 is 84.1 Å². The number of hydrogen-bond donors (Lipinski definition) is 0. The standard InChI is InChI=1S/C4HF8IO4S.K.H/c5-1(2(6,7)18(14,15)17-12)16-4(10,11)3(8,9)13;;/h1H;;. The predicted molar refractivity (Wildman–Crippen MR) is 53.1 cm³/mol. The van der Waals surface area contributed by atoms with Crippen molar-refractivity contribution in [3.05, 3.63) is 0 Å². The zero-order valence-electron chi connectivity index (χ0n) is 7.52. The van der Waals surface area contributed by atoms with E-state index in [-0.39, 0.29) is 74.0 Å². The summed E-state index contributed by atoms with van der Waals surface area (Å²) in [6, 6.07) is 0. The Kier molecular flexibility index (Phi) is 8.81. The van der Waals surface area contributed by atoms with Crippen LogP contribution < -0.4 is 0 Å². The molecule has 1 unspecified atom stereocenters. The molecule has 0 aromatic rings. The van der Waals surface area contributed by atoms with Gasteiger partial charge >= 0.3 is 76.8 Å². The van der Waals surface area contributed by atoms with Gasteiger partial charge in [-0.3, -0.25) is 4.74 Å². The summed E-state index contributed by atoms with van der Waals surface area (Å²) in [6.07, 6.45) is -10.5. The maximum atomic E-state index is 12.5.